The lowest BCUT2D eigenvalue weighted by atomic mass is 10.0. The number of benzene rings is 3. The number of ether oxygens (including phenoxy) is 2. The summed E-state index contributed by atoms with van der Waals surface area (Å²) >= 11 is 0. The van der Waals surface area contributed by atoms with E-state index in [4.69, 9.17) is 9.47 Å². The standard InChI is InChI=1S/C24H23FN2O3/c25-18-6-3-5-17(13-18)16-30-20-8-4-7-19(14-20)26-15-24(28)27-22-11-12-29-23-10-2-1-9-21(22)23/h1-10,13-14,22,26H,11-12,15-16H2,(H,27,28). The predicted octanol–water partition coefficient (Wildman–Crippen LogP) is 4.46. The van der Waals surface area contributed by atoms with Crippen LogP contribution in [-0.2, 0) is 11.4 Å². The number of amides is 1. The summed E-state index contributed by atoms with van der Waals surface area (Å²) in [6, 6.07) is 21.4. The summed E-state index contributed by atoms with van der Waals surface area (Å²) in [5, 5.41) is 6.19. The molecule has 0 saturated heterocycles. The van der Waals surface area contributed by atoms with Crippen molar-refractivity contribution < 1.29 is 18.7 Å². The van der Waals surface area contributed by atoms with Gasteiger partial charge in [0.2, 0.25) is 5.91 Å². The molecule has 6 heteroatoms. The van der Waals surface area contributed by atoms with Crippen molar-refractivity contribution in [2.75, 3.05) is 18.5 Å². The van der Waals surface area contributed by atoms with E-state index in [-0.39, 0.29) is 30.9 Å². The van der Waals surface area contributed by atoms with Crippen molar-refractivity contribution in [3.63, 3.8) is 0 Å². The quantitative estimate of drug-likeness (QED) is 0.608. The fourth-order valence-electron chi connectivity index (χ4n) is 3.41. The van der Waals surface area contributed by atoms with E-state index in [1.54, 1.807) is 6.07 Å². The summed E-state index contributed by atoms with van der Waals surface area (Å²) in [5.41, 5.74) is 2.53. The number of carbonyl (C=O) groups excluding carboxylic acids is 1. The second-order valence-corrected chi connectivity index (χ2v) is 7.10. The second-order valence-electron chi connectivity index (χ2n) is 7.10. The lowest BCUT2D eigenvalue weighted by Crippen LogP contribution is -2.35. The van der Waals surface area contributed by atoms with Gasteiger partial charge < -0.3 is 20.1 Å². The number of halogens is 1. The van der Waals surface area contributed by atoms with Crippen molar-refractivity contribution in [3.8, 4) is 11.5 Å². The lowest BCUT2D eigenvalue weighted by Gasteiger charge is -2.26. The maximum absolute atomic E-state index is 13.3. The minimum atomic E-state index is -0.287. The molecule has 0 bridgehead atoms. The predicted molar refractivity (Wildman–Crippen MR) is 113 cm³/mol. The molecule has 5 nitrogen and oxygen atoms in total. The highest BCUT2D eigenvalue weighted by Crippen LogP contribution is 2.31. The SMILES string of the molecule is O=C(CNc1cccc(OCc2cccc(F)c2)c1)NC1CCOc2ccccc21. The second kappa shape index (κ2) is 9.31. The first-order valence-corrected chi connectivity index (χ1v) is 9.90. The van der Waals surface area contributed by atoms with Gasteiger partial charge in [-0.15, -0.1) is 0 Å². The summed E-state index contributed by atoms with van der Waals surface area (Å²) in [4.78, 5) is 12.4. The fraction of sp³-hybridized carbons (Fsp3) is 0.208. The topological polar surface area (TPSA) is 59.6 Å². The molecule has 1 atom stereocenters. The van der Waals surface area contributed by atoms with E-state index in [1.807, 2.05) is 54.6 Å². The Hall–Kier alpha value is -3.54. The molecule has 2 N–H and O–H groups in total. The summed E-state index contributed by atoms with van der Waals surface area (Å²) in [5.74, 6) is 1.08. The summed E-state index contributed by atoms with van der Waals surface area (Å²) < 4.78 is 24.6. The van der Waals surface area contributed by atoms with Crippen LogP contribution in [0.1, 0.15) is 23.6 Å². The molecule has 3 aromatic carbocycles. The minimum Gasteiger partial charge on any atom is -0.493 e. The Morgan fingerprint density at radius 3 is 2.83 bits per heavy atom. The van der Waals surface area contributed by atoms with Crippen LogP contribution in [0.3, 0.4) is 0 Å². The third-order valence-corrected chi connectivity index (χ3v) is 4.88. The molecule has 154 valence electrons. The number of hydrogen-bond donors (Lipinski definition) is 2. The van der Waals surface area contributed by atoms with E-state index >= 15 is 0 Å². The zero-order valence-electron chi connectivity index (χ0n) is 16.4. The number of nitrogens with one attached hydrogen (secondary N) is 2. The first-order valence-electron chi connectivity index (χ1n) is 9.90. The molecule has 1 aliphatic heterocycles. The van der Waals surface area contributed by atoms with Crippen LogP contribution >= 0.6 is 0 Å². The molecule has 30 heavy (non-hydrogen) atoms. The highest BCUT2D eigenvalue weighted by Gasteiger charge is 2.22. The van der Waals surface area contributed by atoms with Crippen LogP contribution in [0.25, 0.3) is 0 Å². The molecule has 4 rings (SSSR count). The third-order valence-electron chi connectivity index (χ3n) is 4.88. The molecule has 0 aliphatic carbocycles. The van der Waals surface area contributed by atoms with Crippen molar-refractivity contribution in [3.05, 3.63) is 89.7 Å². The zero-order chi connectivity index (χ0) is 20.8. The van der Waals surface area contributed by atoms with Gasteiger partial charge in [-0.05, 0) is 35.9 Å². The van der Waals surface area contributed by atoms with E-state index in [0.717, 1.165) is 29.0 Å². The smallest absolute Gasteiger partial charge is 0.239 e. The molecule has 1 unspecified atom stereocenters. The number of fused-ring (bicyclic) bond motifs is 1. The van der Waals surface area contributed by atoms with Gasteiger partial charge in [-0.1, -0.05) is 36.4 Å². The van der Waals surface area contributed by atoms with Gasteiger partial charge in [0.15, 0.2) is 0 Å². The average Bonchev–Trinajstić information content (AvgIpc) is 2.77. The Morgan fingerprint density at radius 1 is 1.07 bits per heavy atom. The first kappa shape index (κ1) is 19.8. The van der Waals surface area contributed by atoms with Gasteiger partial charge in [0.25, 0.3) is 0 Å². The normalized spacial score (nSPS) is 14.9. The molecule has 1 aliphatic rings. The highest BCUT2D eigenvalue weighted by molar-refractivity contribution is 5.81. The van der Waals surface area contributed by atoms with Crippen LogP contribution in [0.2, 0.25) is 0 Å². The summed E-state index contributed by atoms with van der Waals surface area (Å²) in [7, 11) is 0. The van der Waals surface area contributed by atoms with Crippen molar-refractivity contribution in [1.29, 1.82) is 0 Å². The van der Waals surface area contributed by atoms with Crippen molar-refractivity contribution in [1.82, 2.24) is 5.32 Å². The Morgan fingerprint density at radius 2 is 1.93 bits per heavy atom. The molecule has 0 aromatic heterocycles. The first-order chi connectivity index (χ1) is 14.7. The molecule has 1 heterocycles. The summed E-state index contributed by atoms with van der Waals surface area (Å²) in [6.45, 7) is 0.998. The van der Waals surface area contributed by atoms with E-state index in [9.17, 15) is 9.18 Å². The zero-order valence-corrected chi connectivity index (χ0v) is 16.4. The number of para-hydroxylation sites is 1. The Kier molecular flexibility index (Phi) is 6.13. The molecule has 3 aromatic rings. The molecule has 0 spiro atoms. The third kappa shape index (κ3) is 5.08. The molecular formula is C24H23FN2O3. The maximum Gasteiger partial charge on any atom is 0.239 e. The summed E-state index contributed by atoms with van der Waals surface area (Å²) in [6.07, 6.45) is 0.742. The highest BCUT2D eigenvalue weighted by atomic mass is 19.1. The Labute approximate surface area is 174 Å². The number of anilines is 1. The largest absolute Gasteiger partial charge is 0.493 e. The van der Waals surface area contributed by atoms with Crippen LogP contribution in [0.4, 0.5) is 10.1 Å². The average molecular weight is 406 g/mol. The van der Waals surface area contributed by atoms with Crippen LogP contribution in [0.5, 0.6) is 11.5 Å². The molecule has 0 fully saturated rings. The molecule has 0 radical (unpaired) electrons. The van der Waals surface area contributed by atoms with E-state index in [2.05, 4.69) is 10.6 Å². The van der Waals surface area contributed by atoms with Gasteiger partial charge in [0.1, 0.15) is 23.9 Å². The van der Waals surface area contributed by atoms with E-state index < -0.39 is 0 Å². The van der Waals surface area contributed by atoms with Gasteiger partial charge in [-0.25, -0.2) is 4.39 Å². The van der Waals surface area contributed by atoms with Crippen LogP contribution in [0.15, 0.2) is 72.8 Å². The van der Waals surface area contributed by atoms with Crippen molar-refractivity contribution in [2.24, 2.45) is 0 Å². The van der Waals surface area contributed by atoms with Gasteiger partial charge in [0.05, 0.1) is 19.2 Å². The van der Waals surface area contributed by atoms with Crippen LogP contribution in [0, 0.1) is 5.82 Å². The maximum atomic E-state index is 13.3. The lowest BCUT2D eigenvalue weighted by molar-refractivity contribution is -0.120. The Bertz CT molecular complexity index is 1020. The number of hydrogen-bond acceptors (Lipinski definition) is 4. The van der Waals surface area contributed by atoms with Crippen molar-refractivity contribution in [2.45, 2.75) is 19.1 Å². The molecule has 1 amide bonds. The van der Waals surface area contributed by atoms with Gasteiger partial charge in [0, 0.05) is 23.7 Å². The van der Waals surface area contributed by atoms with Gasteiger partial charge in [-0.2, -0.15) is 0 Å². The fourth-order valence-corrected chi connectivity index (χ4v) is 3.41. The monoisotopic (exact) mass is 406 g/mol. The number of carbonyl (C=O) groups is 1. The van der Waals surface area contributed by atoms with Crippen LogP contribution < -0.4 is 20.1 Å². The minimum absolute atomic E-state index is 0.0508. The molecule has 0 saturated carbocycles. The van der Waals surface area contributed by atoms with Crippen molar-refractivity contribution >= 4 is 11.6 Å². The van der Waals surface area contributed by atoms with Crippen LogP contribution in [-0.4, -0.2) is 19.1 Å². The Balaban J connectivity index is 1.30. The molecular weight excluding hydrogens is 383 g/mol. The van der Waals surface area contributed by atoms with Gasteiger partial charge in [-0.3, -0.25) is 4.79 Å². The number of rotatable bonds is 7. The van der Waals surface area contributed by atoms with Gasteiger partial charge >= 0.3 is 0 Å². The van der Waals surface area contributed by atoms with E-state index in [1.165, 1.54) is 12.1 Å². The van der Waals surface area contributed by atoms with E-state index in [0.29, 0.717) is 12.4 Å².